The number of hydrogen-bond acceptors (Lipinski definition) is 7. The lowest BCUT2D eigenvalue weighted by molar-refractivity contribution is -0.126. The van der Waals surface area contributed by atoms with Crippen LogP contribution in [-0.2, 0) is 29.2 Å². The van der Waals surface area contributed by atoms with Crippen LogP contribution in [0.1, 0.15) is 18.4 Å². The molecule has 0 saturated carbocycles. The van der Waals surface area contributed by atoms with E-state index in [0.29, 0.717) is 0 Å². The topological polar surface area (TPSA) is 123 Å². The highest BCUT2D eigenvalue weighted by Gasteiger charge is 2.40. The van der Waals surface area contributed by atoms with Gasteiger partial charge in [-0.2, -0.15) is 0 Å². The van der Waals surface area contributed by atoms with Crippen LogP contribution in [0.2, 0.25) is 0 Å². The lowest BCUT2D eigenvalue weighted by atomic mass is 9.90. The fraction of sp³-hybridized carbons (Fsp3) is 0.316. The number of hydrogen-bond donors (Lipinski definition) is 2. The van der Waals surface area contributed by atoms with Crippen molar-refractivity contribution in [1.29, 1.82) is 0 Å². The molecule has 2 heterocycles. The zero-order valence-electron chi connectivity index (χ0n) is 16.4. The van der Waals surface area contributed by atoms with E-state index in [1.807, 2.05) is 0 Å². The third-order valence-electron chi connectivity index (χ3n) is 4.45. The van der Waals surface area contributed by atoms with Crippen molar-refractivity contribution in [1.82, 2.24) is 10.0 Å². The van der Waals surface area contributed by atoms with Gasteiger partial charge in [0, 0.05) is 18.1 Å². The normalized spacial score (nSPS) is 22.6. The van der Waals surface area contributed by atoms with Crippen molar-refractivity contribution >= 4 is 27.5 Å². The fourth-order valence-electron chi connectivity index (χ4n) is 3.08. The highest BCUT2D eigenvalue weighted by molar-refractivity contribution is 7.89. The summed E-state index contributed by atoms with van der Waals surface area (Å²) in [6.07, 6.45) is 3.34. The molecule has 2 amide bonds. The van der Waals surface area contributed by atoms with Crippen molar-refractivity contribution in [2.24, 2.45) is 5.16 Å². The summed E-state index contributed by atoms with van der Waals surface area (Å²) >= 11 is 0. The summed E-state index contributed by atoms with van der Waals surface area (Å²) in [6.45, 7) is 3.59. The van der Waals surface area contributed by atoms with Crippen LogP contribution < -0.4 is 10.0 Å². The van der Waals surface area contributed by atoms with E-state index in [2.05, 4.69) is 17.1 Å². The quantitative estimate of drug-likeness (QED) is 0.589. The van der Waals surface area contributed by atoms with Gasteiger partial charge in [-0.25, -0.2) is 21.9 Å². The van der Waals surface area contributed by atoms with E-state index in [1.54, 1.807) is 4.72 Å². The molecule has 12 heteroatoms. The predicted molar refractivity (Wildman–Crippen MR) is 105 cm³/mol. The van der Waals surface area contributed by atoms with E-state index in [0.717, 1.165) is 24.5 Å². The largest absolute Gasteiger partial charge is 0.486 e. The molecule has 0 aromatic heterocycles. The molecule has 9 nitrogen and oxygen atoms in total. The van der Waals surface area contributed by atoms with Crippen LogP contribution in [0.4, 0.5) is 8.78 Å². The molecule has 0 unspecified atom stereocenters. The average Bonchev–Trinajstić information content (AvgIpc) is 3.27. The summed E-state index contributed by atoms with van der Waals surface area (Å²) < 4.78 is 56.1. The molecule has 2 aliphatic heterocycles. The van der Waals surface area contributed by atoms with Gasteiger partial charge in [-0.15, -0.1) is 0 Å². The van der Waals surface area contributed by atoms with Gasteiger partial charge in [-0.1, -0.05) is 11.7 Å². The first-order chi connectivity index (χ1) is 14.5. The molecular weight excluding hydrogens is 436 g/mol. The molecule has 166 valence electrons. The van der Waals surface area contributed by atoms with Crippen molar-refractivity contribution in [3.63, 3.8) is 0 Å². The van der Waals surface area contributed by atoms with Gasteiger partial charge in [0.25, 0.3) is 5.91 Å². The molecule has 0 radical (unpaired) electrons. The molecule has 3 rings (SSSR count). The maximum atomic E-state index is 13.5. The van der Waals surface area contributed by atoms with Crippen molar-refractivity contribution in [2.75, 3.05) is 12.9 Å². The smallest absolute Gasteiger partial charge is 0.299 e. The van der Waals surface area contributed by atoms with E-state index in [-0.39, 0.29) is 36.5 Å². The number of oxime groups is 1. The third kappa shape index (κ3) is 5.66. The zero-order chi connectivity index (χ0) is 22.8. The first-order valence-electron chi connectivity index (χ1n) is 9.00. The van der Waals surface area contributed by atoms with Gasteiger partial charge in [-0.3, -0.25) is 9.59 Å². The number of nitrogens with zero attached hydrogens (tertiary/aromatic N) is 1. The first kappa shape index (κ1) is 22.4. The summed E-state index contributed by atoms with van der Waals surface area (Å²) in [7, 11) is -3.76. The minimum absolute atomic E-state index is 0.0613. The highest BCUT2D eigenvalue weighted by Crippen LogP contribution is 2.31. The van der Waals surface area contributed by atoms with Crippen molar-refractivity contribution in [2.45, 2.75) is 24.5 Å². The number of carbonyl (C=O) groups is 2. The summed E-state index contributed by atoms with van der Waals surface area (Å²) in [4.78, 5) is 29.6. The van der Waals surface area contributed by atoms with Crippen molar-refractivity contribution < 1.29 is 36.4 Å². The van der Waals surface area contributed by atoms with Gasteiger partial charge in [0.2, 0.25) is 15.9 Å². The summed E-state index contributed by atoms with van der Waals surface area (Å²) in [5.74, 6) is -3.20. The third-order valence-corrected chi connectivity index (χ3v) is 5.01. The Bertz CT molecular complexity index is 1080. The highest BCUT2D eigenvalue weighted by atomic mass is 32.2. The van der Waals surface area contributed by atoms with E-state index >= 15 is 0 Å². The number of rotatable bonds is 7. The Labute approximate surface area is 176 Å². The standard InChI is InChI=1S/C19H19F2N3O6S/c1-3-19(8-15(23-30-19)11-4-12(20)6-13(21)5-11)9-17(25)22-14-7-16(29-10-14)18(26)24-31(2,27)28/h3-7,14H,1,8-10H2,2H3,(H,22,25)(H,24,26)/t14-,19+/m1/s1. The van der Waals surface area contributed by atoms with E-state index in [9.17, 15) is 26.8 Å². The average molecular weight is 455 g/mol. The van der Waals surface area contributed by atoms with Crippen LogP contribution in [0.3, 0.4) is 0 Å². The Morgan fingerprint density at radius 2 is 2.00 bits per heavy atom. The van der Waals surface area contributed by atoms with Crippen LogP contribution in [0.5, 0.6) is 0 Å². The summed E-state index contributed by atoms with van der Waals surface area (Å²) in [5, 5.41) is 6.47. The summed E-state index contributed by atoms with van der Waals surface area (Å²) in [6, 6.07) is 2.27. The van der Waals surface area contributed by atoms with E-state index in [4.69, 9.17) is 9.57 Å². The number of amides is 2. The summed E-state index contributed by atoms with van der Waals surface area (Å²) in [5.41, 5.74) is -0.771. The molecule has 1 aromatic rings. The molecule has 0 fully saturated rings. The molecule has 0 aliphatic carbocycles. The molecule has 2 N–H and O–H groups in total. The Morgan fingerprint density at radius 3 is 2.61 bits per heavy atom. The number of sulfonamides is 1. The maximum absolute atomic E-state index is 13.5. The van der Waals surface area contributed by atoms with Crippen molar-refractivity contribution in [3.05, 3.63) is 59.9 Å². The van der Waals surface area contributed by atoms with Crippen LogP contribution in [0.25, 0.3) is 0 Å². The Morgan fingerprint density at radius 1 is 1.32 bits per heavy atom. The second kappa shape index (κ2) is 8.46. The molecule has 2 atom stereocenters. The van der Waals surface area contributed by atoms with Gasteiger partial charge in [0.05, 0.1) is 24.4 Å². The van der Waals surface area contributed by atoms with Gasteiger partial charge in [0.15, 0.2) is 11.4 Å². The molecule has 2 aliphatic rings. The molecule has 0 saturated heterocycles. The molecule has 31 heavy (non-hydrogen) atoms. The minimum Gasteiger partial charge on any atom is -0.486 e. The van der Waals surface area contributed by atoms with Crippen LogP contribution >= 0.6 is 0 Å². The number of nitrogens with one attached hydrogen (secondary N) is 2. The maximum Gasteiger partial charge on any atom is 0.299 e. The number of benzene rings is 1. The van der Waals surface area contributed by atoms with E-state index < -0.39 is 45.1 Å². The number of ether oxygens (including phenoxy) is 1. The molecular formula is C19H19F2N3O6S. The number of carbonyl (C=O) groups excluding carboxylic acids is 2. The minimum atomic E-state index is -3.76. The van der Waals surface area contributed by atoms with Crippen LogP contribution in [0, 0.1) is 11.6 Å². The van der Waals surface area contributed by atoms with Gasteiger partial charge in [-0.05, 0) is 24.3 Å². The lowest BCUT2D eigenvalue weighted by Gasteiger charge is -2.22. The predicted octanol–water partition coefficient (Wildman–Crippen LogP) is 0.879. The molecule has 0 bridgehead atoms. The Balaban J connectivity index is 1.61. The monoisotopic (exact) mass is 455 g/mol. The first-order valence-corrected chi connectivity index (χ1v) is 10.9. The van der Waals surface area contributed by atoms with Crippen molar-refractivity contribution in [3.8, 4) is 0 Å². The second-order valence-corrected chi connectivity index (χ2v) is 8.88. The van der Waals surface area contributed by atoms with Gasteiger partial charge in [0.1, 0.15) is 18.2 Å². The van der Waals surface area contributed by atoms with Crippen LogP contribution in [-0.4, -0.2) is 50.4 Å². The Kier molecular flexibility index (Phi) is 6.11. The lowest BCUT2D eigenvalue weighted by Crippen LogP contribution is -2.40. The molecule has 1 aromatic carbocycles. The zero-order valence-corrected chi connectivity index (χ0v) is 17.2. The second-order valence-electron chi connectivity index (χ2n) is 7.13. The van der Waals surface area contributed by atoms with Gasteiger partial charge < -0.3 is 14.9 Å². The van der Waals surface area contributed by atoms with E-state index in [1.165, 1.54) is 12.2 Å². The van der Waals surface area contributed by atoms with Crippen LogP contribution in [0.15, 0.2) is 47.8 Å². The SMILES string of the molecule is C=C[C@@]1(CC(=O)N[C@@H]2C=C(C(=O)NS(C)(=O)=O)OC2)CC(c2cc(F)cc(F)c2)=NO1. The number of halogens is 2. The molecule has 0 spiro atoms. The van der Waals surface area contributed by atoms with Gasteiger partial charge >= 0.3 is 0 Å². The Hall–Kier alpha value is -3.28. The fourth-order valence-corrected chi connectivity index (χ4v) is 3.51.